The van der Waals surface area contributed by atoms with E-state index in [1.165, 1.54) is 0 Å². The van der Waals surface area contributed by atoms with E-state index in [0.717, 1.165) is 0 Å². The first kappa shape index (κ1) is 11.5. The molecule has 0 radical (unpaired) electrons. The number of hydrogen-bond donors (Lipinski definition) is 1. The van der Waals surface area contributed by atoms with Crippen molar-refractivity contribution in [3.8, 4) is 0 Å². The zero-order valence-corrected chi connectivity index (χ0v) is 8.79. The minimum atomic E-state index is -2.01. The monoisotopic (exact) mass is 197 g/mol. The first-order valence-corrected chi connectivity index (χ1v) is 6.59. The van der Waals surface area contributed by atoms with Crippen molar-refractivity contribution in [3.05, 3.63) is 0 Å². The molecule has 0 aromatic rings. The molecular formula is C6H16NO2PS. The zero-order valence-electron chi connectivity index (χ0n) is 7.08. The minimum Gasteiger partial charge on any atom is -0.330 e. The van der Waals surface area contributed by atoms with Gasteiger partial charge in [-0.1, -0.05) is 0 Å². The van der Waals surface area contributed by atoms with Gasteiger partial charge in [0.1, 0.15) is 0 Å². The van der Waals surface area contributed by atoms with Gasteiger partial charge in [0.2, 0.25) is 0 Å². The van der Waals surface area contributed by atoms with Gasteiger partial charge in [-0.3, -0.25) is 0 Å². The van der Waals surface area contributed by atoms with Gasteiger partial charge in [-0.05, 0) is 25.7 Å². The highest BCUT2D eigenvalue weighted by Crippen LogP contribution is 2.47. The summed E-state index contributed by atoms with van der Waals surface area (Å²) in [6.45, 7) is 3.57. The first-order chi connectivity index (χ1) is 5.18. The fraction of sp³-hybridized carbons (Fsp3) is 1.00. The maximum absolute atomic E-state index is 5.38. The first-order valence-electron chi connectivity index (χ1n) is 3.76. The normalized spacial score (nSPS) is 11.9. The molecule has 0 aliphatic heterocycles. The summed E-state index contributed by atoms with van der Waals surface area (Å²) in [5, 5.41) is 0. The molecule has 0 aliphatic carbocycles. The van der Waals surface area contributed by atoms with Crippen molar-refractivity contribution in [1.82, 2.24) is 0 Å². The van der Waals surface area contributed by atoms with Crippen molar-refractivity contribution >= 4 is 18.3 Å². The van der Waals surface area contributed by atoms with Crippen LogP contribution in [-0.4, -0.2) is 25.9 Å². The highest BCUT2D eigenvalue weighted by Gasteiger charge is 2.15. The molecule has 68 valence electrons. The summed E-state index contributed by atoms with van der Waals surface area (Å²) in [5.74, 6) is 0. The highest BCUT2D eigenvalue weighted by atomic mass is 32.5. The second-order valence-electron chi connectivity index (χ2n) is 1.96. The molecule has 5 heteroatoms. The number of hydrogen-bond acceptors (Lipinski definition) is 4. The van der Waals surface area contributed by atoms with Crippen LogP contribution in [0.2, 0.25) is 0 Å². The molecule has 0 amide bonds. The Bertz CT molecular complexity index is 119. The van der Waals surface area contributed by atoms with Crippen LogP contribution in [0.15, 0.2) is 0 Å². The molecule has 0 saturated carbocycles. The van der Waals surface area contributed by atoms with E-state index in [0.29, 0.717) is 25.9 Å². The lowest BCUT2D eigenvalue weighted by Gasteiger charge is -2.19. The van der Waals surface area contributed by atoms with E-state index in [-0.39, 0.29) is 0 Å². The largest absolute Gasteiger partial charge is 0.330 e. The Morgan fingerprint density at radius 3 is 2.00 bits per heavy atom. The molecule has 11 heavy (non-hydrogen) atoms. The molecule has 0 aliphatic rings. The van der Waals surface area contributed by atoms with Gasteiger partial charge in [0.15, 0.2) is 6.49 Å². The Kier molecular flexibility index (Phi) is 6.38. The lowest BCUT2D eigenvalue weighted by molar-refractivity contribution is 0.267. The van der Waals surface area contributed by atoms with Crippen LogP contribution in [-0.2, 0) is 20.9 Å². The van der Waals surface area contributed by atoms with Crippen LogP contribution in [0.3, 0.4) is 0 Å². The van der Waals surface area contributed by atoms with Crippen molar-refractivity contribution in [2.45, 2.75) is 13.8 Å². The van der Waals surface area contributed by atoms with Gasteiger partial charge in [0.05, 0.1) is 13.2 Å². The van der Waals surface area contributed by atoms with Gasteiger partial charge < -0.3 is 14.8 Å². The quantitative estimate of drug-likeness (QED) is 0.652. The summed E-state index contributed by atoms with van der Waals surface area (Å²) in [4.78, 5) is 0. The second kappa shape index (κ2) is 6.09. The maximum atomic E-state index is 5.38. The van der Waals surface area contributed by atoms with Crippen molar-refractivity contribution in [1.29, 1.82) is 0 Å². The van der Waals surface area contributed by atoms with E-state index < -0.39 is 6.49 Å². The van der Waals surface area contributed by atoms with Gasteiger partial charge >= 0.3 is 0 Å². The summed E-state index contributed by atoms with van der Waals surface area (Å²) >= 11 is 5.19. The van der Waals surface area contributed by atoms with Gasteiger partial charge in [0, 0.05) is 12.7 Å². The maximum Gasteiger partial charge on any atom is 0.189 e. The van der Waals surface area contributed by atoms with Crippen molar-refractivity contribution in [2.75, 3.05) is 25.9 Å². The number of nitrogens with two attached hydrogens (primary N) is 1. The Morgan fingerprint density at radius 1 is 1.27 bits per heavy atom. The predicted molar refractivity (Wildman–Crippen MR) is 51.5 cm³/mol. The standard InChI is InChI=1S/C6H16NO2PS/c1-3-8-10(11,6-5-7)9-4-2/h3-7H2,1-2H3. The lowest BCUT2D eigenvalue weighted by atomic mass is 10.8. The third-order valence-electron chi connectivity index (χ3n) is 1.05. The van der Waals surface area contributed by atoms with Crippen LogP contribution in [0.25, 0.3) is 0 Å². The molecule has 0 unspecified atom stereocenters. The van der Waals surface area contributed by atoms with E-state index >= 15 is 0 Å². The molecule has 0 rings (SSSR count). The summed E-state index contributed by atoms with van der Waals surface area (Å²) < 4.78 is 10.7. The van der Waals surface area contributed by atoms with Gasteiger partial charge in [-0.25, -0.2) is 0 Å². The van der Waals surface area contributed by atoms with E-state index in [9.17, 15) is 0 Å². The van der Waals surface area contributed by atoms with Crippen molar-refractivity contribution in [3.63, 3.8) is 0 Å². The van der Waals surface area contributed by atoms with E-state index in [1.807, 2.05) is 13.8 Å². The summed E-state index contributed by atoms with van der Waals surface area (Å²) in [6, 6.07) is 0. The minimum absolute atomic E-state index is 0.539. The van der Waals surface area contributed by atoms with Crippen LogP contribution in [0.4, 0.5) is 0 Å². The van der Waals surface area contributed by atoms with Gasteiger partial charge in [-0.2, -0.15) is 0 Å². The molecule has 2 N–H and O–H groups in total. The van der Waals surface area contributed by atoms with E-state index in [2.05, 4.69) is 0 Å². The molecule has 0 aromatic heterocycles. The molecule has 0 atom stereocenters. The van der Waals surface area contributed by atoms with E-state index in [4.69, 9.17) is 26.6 Å². The Hall–Kier alpha value is 0.530. The van der Waals surface area contributed by atoms with Crippen molar-refractivity contribution in [2.24, 2.45) is 5.73 Å². The molecule has 0 fully saturated rings. The summed E-state index contributed by atoms with van der Waals surface area (Å²) in [7, 11) is 0. The second-order valence-corrected chi connectivity index (χ2v) is 5.81. The topological polar surface area (TPSA) is 44.5 Å². The molecule has 0 saturated heterocycles. The SMILES string of the molecule is CCOP(=S)(CCN)OCC. The van der Waals surface area contributed by atoms with Crippen molar-refractivity contribution < 1.29 is 9.05 Å². The van der Waals surface area contributed by atoms with Crippen LogP contribution in [0.1, 0.15) is 13.8 Å². The fourth-order valence-corrected chi connectivity index (χ4v) is 3.10. The Balaban J connectivity index is 3.91. The van der Waals surface area contributed by atoms with Gasteiger partial charge in [0.25, 0.3) is 0 Å². The third kappa shape index (κ3) is 4.88. The fourth-order valence-electron chi connectivity index (χ4n) is 0.718. The summed E-state index contributed by atoms with van der Waals surface area (Å²) in [6.07, 6.45) is 0.671. The molecule has 0 aromatic carbocycles. The Labute approximate surface area is 73.4 Å². The molecule has 0 spiro atoms. The lowest BCUT2D eigenvalue weighted by Crippen LogP contribution is -2.09. The van der Waals surface area contributed by atoms with E-state index in [1.54, 1.807) is 0 Å². The summed E-state index contributed by atoms with van der Waals surface area (Å²) in [5.41, 5.74) is 5.38. The predicted octanol–water partition coefficient (Wildman–Crippen LogP) is 1.33. The molecular weight excluding hydrogens is 181 g/mol. The third-order valence-corrected chi connectivity index (χ3v) is 4.34. The molecule has 0 heterocycles. The van der Waals surface area contributed by atoms with Crippen LogP contribution in [0, 0.1) is 0 Å². The number of rotatable bonds is 6. The average molecular weight is 197 g/mol. The van der Waals surface area contributed by atoms with Gasteiger partial charge in [-0.15, -0.1) is 0 Å². The smallest absolute Gasteiger partial charge is 0.189 e. The van der Waals surface area contributed by atoms with Crippen LogP contribution >= 0.6 is 6.49 Å². The Morgan fingerprint density at radius 2 is 1.73 bits per heavy atom. The highest BCUT2D eigenvalue weighted by molar-refractivity contribution is 8.09. The van der Waals surface area contributed by atoms with Crippen LogP contribution in [0.5, 0.6) is 0 Å². The van der Waals surface area contributed by atoms with Crippen LogP contribution < -0.4 is 5.73 Å². The molecule has 3 nitrogen and oxygen atoms in total. The zero-order chi connectivity index (χ0) is 8.74. The average Bonchev–Trinajstić information content (AvgIpc) is 1.88. The molecule has 0 bridgehead atoms.